The van der Waals surface area contributed by atoms with Crippen molar-refractivity contribution < 1.29 is 23.1 Å². The molecule has 8 nitrogen and oxygen atoms in total. The maximum Gasteiger partial charge on any atom is 0.322 e. The lowest BCUT2D eigenvalue weighted by molar-refractivity contribution is -0.142. The minimum Gasteiger partial charge on any atom is -0.481 e. The summed E-state index contributed by atoms with van der Waals surface area (Å²) in [6, 6.07) is 1.99. The quantitative estimate of drug-likeness (QED) is 0.827. The third kappa shape index (κ3) is 3.61. The zero-order valence-electron chi connectivity index (χ0n) is 11.5. The summed E-state index contributed by atoms with van der Waals surface area (Å²) in [7, 11) is -2.47. The summed E-state index contributed by atoms with van der Waals surface area (Å²) >= 11 is 0. The lowest BCUT2D eigenvalue weighted by Gasteiger charge is -2.31. The Morgan fingerprint density at radius 3 is 2.81 bits per heavy atom. The van der Waals surface area contributed by atoms with Gasteiger partial charge in [0.25, 0.3) is 0 Å². The summed E-state index contributed by atoms with van der Waals surface area (Å²) < 4.78 is 32.9. The second-order valence-electron chi connectivity index (χ2n) is 4.66. The van der Waals surface area contributed by atoms with E-state index in [1.807, 2.05) is 0 Å². The van der Waals surface area contributed by atoms with Crippen LogP contribution in [0, 0.1) is 0 Å². The highest BCUT2D eigenvalue weighted by Crippen LogP contribution is 2.22. The number of carboxylic acid groups (broad SMARTS) is 1. The third-order valence-electron chi connectivity index (χ3n) is 3.24. The molecule has 1 aromatic rings. The van der Waals surface area contributed by atoms with Gasteiger partial charge in [-0.3, -0.25) is 9.52 Å². The highest BCUT2D eigenvalue weighted by atomic mass is 32.2. The summed E-state index contributed by atoms with van der Waals surface area (Å²) in [6.07, 6.45) is 2.98. The van der Waals surface area contributed by atoms with Gasteiger partial charge in [-0.2, -0.15) is 12.7 Å². The van der Waals surface area contributed by atoms with Gasteiger partial charge in [-0.25, -0.2) is 4.98 Å². The van der Waals surface area contributed by atoms with E-state index in [9.17, 15) is 13.2 Å². The average molecular weight is 315 g/mol. The molecule has 1 aliphatic rings. The van der Waals surface area contributed by atoms with Crippen molar-refractivity contribution in [2.24, 2.45) is 0 Å². The number of aromatic nitrogens is 1. The van der Waals surface area contributed by atoms with Crippen molar-refractivity contribution >= 4 is 21.9 Å². The van der Waals surface area contributed by atoms with Gasteiger partial charge in [0, 0.05) is 12.6 Å². The van der Waals surface area contributed by atoms with Gasteiger partial charge in [0.15, 0.2) is 0 Å². The monoisotopic (exact) mass is 315 g/mol. The number of aliphatic carboxylic acids is 1. The fourth-order valence-corrected chi connectivity index (χ4v) is 3.64. The number of hydrogen-bond donors (Lipinski definition) is 2. The maximum atomic E-state index is 12.3. The van der Waals surface area contributed by atoms with Gasteiger partial charge in [-0.15, -0.1) is 0 Å². The number of pyridine rings is 1. The van der Waals surface area contributed by atoms with Crippen molar-refractivity contribution in [2.45, 2.75) is 25.3 Å². The molecule has 0 aliphatic carbocycles. The molecule has 9 heteroatoms. The second kappa shape index (κ2) is 6.27. The standard InChI is InChI=1S/C12H17N3O5S/c1-20-11-6-5-9(8-13-11)14-21(18,19)15-7-3-2-4-10(15)12(16)17/h5-6,8,10,14H,2-4,7H2,1H3,(H,16,17)/t10-/m0/s1. The lowest BCUT2D eigenvalue weighted by Crippen LogP contribution is -2.49. The topological polar surface area (TPSA) is 109 Å². The van der Waals surface area contributed by atoms with Crippen molar-refractivity contribution in [3.8, 4) is 5.88 Å². The van der Waals surface area contributed by atoms with Crippen LogP contribution in [0.1, 0.15) is 19.3 Å². The van der Waals surface area contributed by atoms with Crippen molar-refractivity contribution in [1.29, 1.82) is 0 Å². The fourth-order valence-electron chi connectivity index (χ4n) is 2.21. The van der Waals surface area contributed by atoms with Crippen molar-refractivity contribution in [3.05, 3.63) is 18.3 Å². The molecule has 0 unspecified atom stereocenters. The molecule has 1 saturated heterocycles. The van der Waals surface area contributed by atoms with Gasteiger partial charge in [0.05, 0.1) is 19.0 Å². The van der Waals surface area contributed by atoms with Crippen LogP contribution in [-0.2, 0) is 15.0 Å². The van der Waals surface area contributed by atoms with Crippen LogP contribution in [0.5, 0.6) is 5.88 Å². The van der Waals surface area contributed by atoms with Crippen LogP contribution in [0.2, 0.25) is 0 Å². The van der Waals surface area contributed by atoms with E-state index in [1.54, 1.807) is 0 Å². The predicted molar refractivity (Wildman–Crippen MR) is 75.3 cm³/mol. The molecule has 2 N–H and O–H groups in total. The number of hydrogen-bond acceptors (Lipinski definition) is 5. The molecule has 1 aliphatic heterocycles. The van der Waals surface area contributed by atoms with E-state index in [0.717, 1.165) is 4.31 Å². The highest BCUT2D eigenvalue weighted by molar-refractivity contribution is 7.90. The van der Waals surface area contributed by atoms with Crippen LogP contribution in [0.3, 0.4) is 0 Å². The Kier molecular flexibility index (Phi) is 4.63. The Morgan fingerprint density at radius 2 is 2.24 bits per heavy atom. The predicted octanol–water partition coefficient (Wildman–Crippen LogP) is 0.686. The SMILES string of the molecule is COc1ccc(NS(=O)(=O)N2CCCC[C@H]2C(=O)O)cn1. The van der Waals surface area contributed by atoms with Crippen LogP contribution >= 0.6 is 0 Å². The molecule has 1 atom stereocenters. The van der Waals surface area contributed by atoms with E-state index in [2.05, 4.69) is 9.71 Å². The molecule has 21 heavy (non-hydrogen) atoms. The first-order valence-corrected chi connectivity index (χ1v) is 7.90. The van der Waals surface area contributed by atoms with E-state index >= 15 is 0 Å². The number of piperidine rings is 1. The van der Waals surface area contributed by atoms with Crippen molar-refractivity contribution in [1.82, 2.24) is 9.29 Å². The number of carbonyl (C=O) groups is 1. The number of anilines is 1. The zero-order chi connectivity index (χ0) is 15.5. The molecule has 0 amide bonds. The van der Waals surface area contributed by atoms with Gasteiger partial charge < -0.3 is 9.84 Å². The van der Waals surface area contributed by atoms with Gasteiger partial charge in [-0.1, -0.05) is 0 Å². The summed E-state index contributed by atoms with van der Waals surface area (Å²) in [4.78, 5) is 15.1. The summed E-state index contributed by atoms with van der Waals surface area (Å²) in [6.45, 7) is 0.190. The molecule has 0 bridgehead atoms. The van der Waals surface area contributed by atoms with Gasteiger partial charge in [0.2, 0.25) is 5.88 Å². The van der Waals surface area contributed by atoms with Crippen LogP contribution in [0.15, 0.2) is 18.3 Å². The van der Waals surface area contributed by atoms with Crippen molar-refractivity contribution in [3.63, 3.8) is 0 Å². The maximum absolute atomic E-state index is 12.3. The summed E-state index contributed by atoms with van der Waals surface area (Å²) in [5.41, 5.74) is 0.255. The van der Waals surface area contributed by atoms with E-state index in [-0.39, 0.29) is 12.2 Å². The molecule has 2 heterocycles. The van der Waals surface area contributed by atoms with Crippen LogP contribution in [0.25, 0.3) is 0 Å². The first-order valence-electron chi connectivity index (χ1n) is 6.46. The number of nitrogens with zero attached hydrogens (tertiary/aromatic N) is 2. The highest BCUT2D eigenvalue weighted by Gasteiger charge is 2.36. The molecule has 0 aromatic carbocycles. The third-order valence-corrected chi connectivity index (χ3v) is 4.79. The first-order chi connectivity index (χ1) is 9.94. The molecule has 116 valence electrons. The van der Waals surface area contributed by atoms with Crippen LogP contribution in [-0.4, -0.2) is 48.5 Å². The molecular formula is C12H17N3O5S. The molecule has 1 aromatic heterocycles. The zero-order valence-corrected chi connectivity index (χ0v) is 12.3. The second-order valence-corrected chi connectivity index (χ2v) is 6.28. The first kappa shape index (κ1) is 15.5. The Labute approximate surface area is 122 Å². The molecular weight excluding hydrogens is 298 g/mol. The Bertz CT molecular complexity index is 602. The molecule has 2 rings (SSSR count). The largest absolute Gasteiger partial charge is 0.481 e. The number of nitrogens with one attached hydrogen (secondary N) is 1. The fraction of sp³-hybridized carbons (Fsp3) is 0.500. The Balaban J connectivity index is 2.17. The Morgan fingerprint density at radius 1 is 1.48 bits per heavy atom. The van der Waals surface area contributed by atoms with Gasteiger partial charge in [-0.05, 0) is 25.3 Å². The average Bonchev–Trinajstić information content (AvgIpc) is 2.47. The van der Waals surface area contributed by atoms with Crippen LogP contribution < -0.4 is 9.46 Å². The number of ether oxygens (including phenoxy) is 1. The number of methoxy groups -OCH3 is 1. The summed E-state index contributed by atoms with van der Waals surface area (Å²) in [5, 5.41) is 9.14. The van der Waals surface area contributed by atoms with E-state index in [1.165, 1.54) is 25.4 Å². The molecule has 1 fully saturated rings. The normalized spacial score (nSPS) is 20.0. The van der Waals surface area contributed by atoms with E-state index < -0.39 is 22.2 Å². The van der Waals surface area contributed by atoms with Crippen LogP contribution in [0.4, 0.5) is 5.69 Å². The number of rotatable bonds is 5. The molecule has 0 radical (unpaired) electrons. The smallest absolute Gasteiger partial charge is 0.322 e. The van der Waals surface area contributed by atoms with E-state index in [0.29, 0.717) is 25.1 Å². The van der Waals surface area contributed by atoms with Gasteiger partial charge in [0.1, 0.15) is 6.04 Å². The minimum absolute atomic E-state index is 0.190. The van der Waals surface area contributed by atoms with Crippen molar-refractivity contribution in [2.75, 3.05) is 18.4 Å². The lowest BCUT2D eigenvalue weighted by atomic mass is 10.1. The number of carboxylic acids is 1. The molecule has 0 saturated carbocycles. The minimum atomic E-state index is -3.93. The summed E-state index contributed by atoms with van der Waals surface area (Å²) in [5.74, 6) is -0.771. The Hall–Kier alpha value is -1.87. The van der Waals surface area contributed by atoms with E-state index in [4.69, 9.17) is 9.84 Å². The molecule has 0 spiro atoms. The van der Waals surface area contributed by atoms with Gasteiger partial charge >= 0.3 is 16.2 Å².